The van der Waals surface area contributed by atoms with Crippen molar-refractivity contribution in [3.05, 3.63) is 29.8 Å². The van der Waals surface area contributed by atoms with E-state index < -0.39 is 15.8 Å². The van der Waals surface area contributed by atoms with Crippen LogP contribution in [0.15, 0.2) is 24.3 Å². The third-order valence-electron chi connectivity index (χ3n) is 3.56. The zero-order chi connectivity index (χ0) is 15.5. The molecule has 1 fully saturated rings. The minimum absolute atomic E-state index is 0.0398. The highest BCUT2D eigenvalue weighted by Gasteiger charge is 2.27. The van der Waals surface area contributed by atoms with Gasteiger partial charge in [0.25, 0.3) is 0 Å². The fourth-order valence-corrected chi connectivity index (χ4v) is 4.03. The summed E-state index contributed by atoms with van der Waals surface area (Å²) in [6.07, 6.45) is 0. The Bertz CT molecular complexity index is 614. The molecule has 6 nitrogen and oxygen atoms in total. The van der Waals surface area contributed by atoms with Crippen LogP contribution in [0.25, 0.3) is 0 Å². The Balaban J connectivity index is 1.89. The molecule has 0 bridgehead atoms. The molecule has 1 heterocycles. The minimum atomic E-state index is -2.92. The number of para-hydroxylation sites is 1. The summed E-state index contributed by atoms with van der Waals surface area (Å²) >= 11 is 0. The Morgan fingerprint density at radius 2 is 2.14 bits per heavy atom. The molecular weight excluding hydrogens is 294 g/mol. The molecule has 116 valence electrons. The van der Waals surface area contributed by atoms with Crippen LogP contribution in [0.3, 0.4) is 0 Å². The largest absolute Gasteiger partial charge is 0.491 e. The number of nitrogens with zero attached hydrogens (tertiary/aromatic N) is 1. The first-order chi connectivity index (χ1) is 9.89. The van der Waals surface area contributed by atoms with Gasteiger partial charge in [-0.05, 0) is 19.1 Å². The van der Waals surface area contributed by atoms with E-state index >= 15 is 0 Å². The molecular formula is C14H19NO5S. The Morgan fingerprint density at radius 3 is 2.81 bits per heavy atom. The van der Waals surface area contributed by atoms with Gasteiger partial charge in [0.2, 0.25) is 0 Å². The van der Waals surface area contributed by atoms with Gasteiger partial charge in [0, 0.05) is 19.1 Å². The number of carboxylic acids is 1. The smallest absolute Gasteiger partial charge is 0.339 e. The molecule has 1 atom stereocenters. The Hall–Kier alpha value is -1.60. The van der Waals surface area contributed by atoms with Crippen molar-refractivity contribution in [1.82, 2.24) is 4.90 Å². The van der Waals surface area contributed by atoms with Gasteiger partial charge in [-0.1, -0.05) is 12.1 Å². The number of ether oxygens (including phenoxy) is 1. The van der Waals surface area contributed by atoms with Gasteiger partial charge >= 0.3 is 5.97 Å². The van der Waals surface area contributed by atoms with Crippen LogP contribution in [0, 0.1) is 0 Å². The van der Waals surface area contributed by atoms with Gasteiger partial charge in [0.15, 0.2) is 9.84 Å². The minimum Gasteiger partial charge on any atom is -0.491 e. The quantitative estimate of drug-likeness (QED) is 0.869. The summed E-state index contributed by atoms with van der Waals surface area (Å²) in [5.41, 5.74) is 0.131. The fourth-order valence-electron chi connectivity index (χ4n) is 2.41. The number of hydrogen-bond donors (Lipinski definition) is 1. The van der Waals surface area contributed by atoms with Crippen LogP contribution in [-0.4, -0.2) is 61.6 Å². The molecule has 0 spiro atoms. The van der Waals surface area contributed by atoms with E-state index in [-0.39, 0.29) is 23.1 Å². The highest BCUT2D eigenvalue weighted by molar-refractivity contribution is 7.91. The monoisotopic (exact) mass is 313 g/mol. The van der Waals surface area contributed by atoms with Crippen molar-refractivity contribution < 1.29 is 23.1 Å². The normalized spacial score (nSPS) is 21.9. The van der Waals surface area contributed by atoms with Crippen LogP contribution in [0.2, 0.25) is 0 Å². The first-order valence-corrected chi connectivity index (χ1v) is 8.61. The lowest BCUT2D eigenvalue weighted by atomic mass is 10.2. The summed E-state index contributed by atoms with van der Waals surface area (Å²) in [5, 5.41) is 9.06. The molecule has 1 aromatic rings. The van der Waals surface area contributed by atoms with Crippen LogP contribution in [0.5, 0.6) is 5.75 Å². The molecule has 0 aromatic heterocycles. The summed E-state index contributed by atoms with van der Waals surface area (Å²) in [6, 6.07) is 6.44. The molecule has 0 aliphatic carbocycles. The summed E-state index contributed by atoms with van der Waals surface area (Å²) < 4.78 is 28.5. The van der Waals surface area contributed by atoms with Crippen molar-refractivity contribution >= 4 is 15.8 Å². The fraction of sp³-hybridized carbons (Fsp3) is 0.500. The lowest BCUT2D eigenvalue weighted by molar-refractivity contribution is 0.0691. The molecule has 1 N–H and O–H groups in total. The van der Waals surface area contributed by atoms with Crippen LogP contribution >= 0.6 is 0 Å². The van der Waals surface area contributed by atoms with Crippen molar-refractivity contribution in [1.29, 1.82) is 0 Å². The lowest BCUT2D eigenvalue weighted by Crippen LogP contribution is -2.48. The zero-order valence-corrected chi connectivity index (χ0v) is 12.7. The maximum Gasteiger partial charge on any atom is 0.339 e. The van der Waals surface area contributed by atoms with Crippen molar-refractivity contribution in [3.63, 3.8) is 0 Å². The van der Waals surface area contributed by atoms with Gasteiger partial charge in [-0.25, -0.2) is 13.2 Å². The Morgan fingerprint density at radius 1 is 1.43 bits per heavy atom. The predicted octanol–water partition coefficient (Wildman–Crippen LogP) is 0.883. The third-order valence-corrected chi connectivity index (χ3v) is 5.36. The summed E-state index contributed by atoms with van der Waals surface area (Å²) in [5.74, 6) is -0.354. The standard InChI is InChI=1S/C14H19NO5S/c1-11-10-21(18,19)9-7-15(11)6-8-20-13-5-3-2-4-12(13)14(16)17/h2-5,11H,6-10H2,1H3,(H,16,17). The van der Waals surface area contributed by atoms with E-state index in [4.69, 9.17) is 9.84 Å². The second kappa shape index (κ2) is 6.44. The van der Waals surface area contributed by atoms with Gasteiger partial charge in [0.05, 0.1) is 11.5 Å². The van der Waals surface area contributed by atoms with E-state index in [2.05, 4.69) is 0 Å². The van der Waals surface area contributed by atoms with Gasteiger partial charge in [-0.2, -0.15) is 0 Å². The number of carbonyl (C=O) groups is 1. The highest BCUT2D eigenvalue weighted by atomic mass is 32.2. The van der Waals surface area contributed by atoms with Crippen molar-refractivity contribution in [3.8, 4) is 5.75 Å². The van der Waals surface area contributed by atoms with Crippen LogP contribution in [0.4, 0.5) is 0 Å². The molecule has 1 unspecified atom stereocenters. The number of carboxylic acid groups (broad SMARTS) is 1. The molecule has 21 heavy (non-hydrogen) atoms. The van der Waals surface area contributed by atoms with Crippen molar-refractivity contribution in [2.75, 3.05) is 31.2 Å². The average Bonchev–Trinajstić information content (AvgIpc) is 2.41. The predicted molar refractivity (Wildman–Crippen MR) is 78.6 cm³/mol. The van der Waals surface area contributed by atoms with E-state index in [0.29, 0.717) is 25.4 Å². The molecule has 7 heteroatoms. The molecule has 0 amide bonds. The number of benzene rings is 1. The SMILES string of the molecule is CC1CS(=O)(=O)CCN1CCOc1ccccc1C(=O)O. The average molecular weight is 313 g/mol. The van der Waals surface area contributed by atoms with Gasteiger partial charge < -0.3 is 9.84 Å². The van der Waals surface area contributed by atoms with E-state index in [1.807, 2.05) is 11.8 Å². The van der Waals surface area contributed by atoms with E-state index in [0.717, 1.165) is 0 Å². The van der Waals surface area contributed by atoms with Crippen molar-refractivity contribution in [2.24, 2.45) is 0 Å². The van der Waals surface area contributed by atoms with E-state index in [9.17, 15) is 13.2 Å². The second-order valence-corrected chi connectivity index (χ2v) is 7.38. The first kappa shape index (κ1) is 15.8. The summed E-state index contributed by atoms with van der Waals surface area (Å²) in [6.45, 7) is 3.27. The van der Waals surface area contributed by atoms with E-state index in [1.165, 1.54) is 6.07 Å². The zero-order valence-electron chi connectivity index (χ0n) is 11.9. The number of sulfone groups is 1. The number of aromatic carboxylic acids is 1. The van der Waals surface area contributed by atoms with Crippen LogP contribution < -0.4 is 4.74 Å². The molecule has 2 rings (SSSR count). The third kappa shape index (κ3) is 4.18. The van der Waals surface area contributed by atoms with Crippen molar-refractivity contribution in [2.45, 2.75) is 13.0 Å². The highest BCUT2D eigenvalue weighted by Crippen LogP contribution is 2.18. The van der Waals surface area contributed by atoms with Gasteiger partial charge in [-0.15, -0.1) is 0 Å². The van der Waals surface area contributed by atoms with E-state index in [1.54, 1.807) is 18.2 Å². The molecule has 1 saturated heterocycles. The molecule has 1 aromatic carbocycles. The second-order valence-electron chi connectivity index (χ2n) is 5.15. The topological polar surface area (TPSA) is 83.9 Å². The first-order valence-electron chi connectivity index (χ1n) is 6.78. The van der Waals surface area contributed by atoms with Gasteiger partial charge in [0.1, 0.15) is 17.9 Å². The molecule has 1 aliphatic rings. The van der Waals surface area contributed by atoms with Crippen LogP contribution in [0.1, 0.15) is 17.3 Å². The number of hydrogen-bond acceptors (Lipinski definition) is 5. The maximum atomic E-state index is 11.5. The maximum absolute atomic E-state index is 11.5. The lowest BCUT2D eigenvalue weighted by Gasteiger charge is -2.32. The Kier molecular flexibility index (Phi) is 4.84. The molecule has 1 aliphatic heterocycles. The van der Waals surface area contributed by atoms with Gasteiger partial charge in [-0.3, -0.25) is 4.90 Å². The molecule has 0 saturated carbocycles. The number of rotatable bonds is 5. The molecule has 0 radical (unpaired) electrons. The summed E-state index contributed by atoms with van der Waals surface area (Å²) in [7, 11) is -2.92. The summed E-state index contributed by atoms with van der Waals surface area (Å²) in [4.78, 5) is 13.1. The Labute approximate surface area is 124 Å². The van der Waals surface area contributed by atoms with Crippen LogP contribution in [-0.2, 0) is 9.84 Å².